The lowest BCUT2D eigenvalue weighted by Crippen LogP contribution is -2.52. The molecule has 0 unspecified atom stereocenters. The molecule has 1 saturated carbocycles. The lowest BCUT2D eigenvalue weighted by atomic mass is 10.2. The number of rotatable bonds is 7. The van der Waals surface area contributed by atoms with Crippen LogP contribution in [-0.2, 0) is 19.6 Å². The molecule has 0 atom stereocenters. The molecule has 2 fully saturated rings. The number of carbonyl (C=O) groups is 2. The number of nitrogens with one attached hydrogen (secondary N) is 1. The highest BCUT2D eigenvalue weighted by Crippen LogP contribution is 2.22. The highest BCUT2D eigenvalue weighted by molar-refractivity contribution is 7.89. The number of nitrogens with zero attached hydrogens (tertiary/aromatic N) is 3. The molecular formula is C20H30N4O4S. The number of carbonyl (C=O) groups excluding carboxylic acids is 2. The summed E-state index contributed by atoms with van der Waals surface area (Å²) in [5.41, 5.74) is 1.75. The van der Waals surface area contributed by atoms with Gasteiger partial charge in [-0.25, -0.2) is 8.42 Å². The molecule has 9 heteroatoms. The van der Waals surface area contributed by atoms with E-state index in [1.54, 1.807) is 35.9 Å². The van der Waals surface area contributed by atoms with E-state index in [4.69, 9.17) is 0 Å². The summed E-state index contributed by atoms with van der Waals surface area (Å²) in [4.78, 5) is 28.1. The summed E-state index contributed by atoms with van der Waals surface area (Å²) in [5, 5.41) is 2.90. The molecule has 1 aromatic rings. The van der Waals surface area contributed by atoms with E-state index in [-0.39, 0.29) is 38.0 Å². The summed E-state index contributed by atoms with van der Waals surface area (Å²) in [6, 6.07) is 5.62. The average Bonchev–Trinajstić information content (AvgIpc) is 3.45. The third-order valence-electron chi connectivity index (χ3n) is 5.30. The topological polar surface area (TPSA) is 90.0 Å². The first kappa shape index (κ1) is 21.7. The van der Waals surface area contributed by atoms with Gasteiger partial charge in [0.05, 0.1) is 18.0 Å². The lowest BCUT2D eigenvalue weighted by molar-refractivity contribution is -0.133. The quantitative estimate of drug-likeness (QED) is 0.685. The van der Waals surface area contributed by atoms with Gasteiger partial charge in [0.15, 0.2) is 0 Å². The molecule has 160 valence electrons. The van der Waals surface area contributed by atoms with Crippen molar-refractivity contribution in [3.8, 4) is 0 Å². The van der Waals surface area contributed by atoms with E-state index in [1.807, 2.05) is 13.0 Å². The van der Waals surface area contributed by atoms with E-state index in [1.165, 1.54) is 4.31 Å². The van der Waals surface area contributed by atoms with Crippen LogP contribution in [0.1, 0.15) is 24.0 Å². The molecule has 2 aliphatic rings. The first-order chi connectivity index (χ1) is 13.7. The van der Waals surface area contributed by atoms with E-state index in [2.05, 4.69) is 5.32 Å². The Morgan fingerprint density at radius 2 is 1.76 bits per heavy atom. The molecule has 0 bridgehead atoms. The highest BCUT2D eigenvalue weighted by atomic mass is 32.2. The zero-order chi connectivity index (χ0) is 21.2. The maximum atomic E-state index is 13.0. The molecule has 0 aromatic heterocycles. The predicted octanol–water partition coefficient (Wildman–Crippen LogP) is 0.347. The van der Waals surface area contributed by atoms with Crippen LogP contribution < -0.4 is 5.32 Å². The van der Waals surface area contributed by atoms with Gasteiger partial charge < -0.3 is 10.2 Å². The highest BCUT2D eigenvalue weighted by Gasteiger charge is 2.31. The minimum atomic E-state index is -3.57. The molecule has 0 radical (unpaired) electrons. The number of hydrogen-bond acceptors (Lipinski definition) is 5. The molecule has 29 heavy (non-hydrogen) atoms. The summed E-state index contributed by atoms with van der Waals surface area (Å²) in [7, 11) is -1.83. The second kappa shape index (κ2) is 8.81. The number of sulfonamides is 1. The van der Waals surface area contributed by atoms with Crippen LogP contribution in [0.15, 0.2) is 23.1 Å². The van der Waals surface area contributed by atoms with Gasteiger partial charge in [-0.2, -0.15) is 4.31 Å². The Hall–Kier alpha value is -1.97. The van der Waals surface area contributed by atoms with E-state index in [0.717, 1.165) is 24.0 Å². The van der Waals surface area contributed by atoms with Crippen LogP contribution >= 0.6 is 0 Å². The maximum Gasteiger partial charge on any atom is 0.243 e. The minimum Gasteiger partial charge on any atom is -0.352 e. The first-order valence-corrected chi connectivity index (χ1v) is 11.4. The molecule has 3 rings (SSSR count). The van der Waals surface area contributed by atoms with E-state index >= 15 is 0 Å². The van der Waals surface area contributed by atoms with Crippen molar-refractivity contribution in [1.29, 1.82) is 0 Å². The molecule has 1 aliphatic heterocycles. The molecule has 1 N–H and O–H groups in total. The van der Waals surface area contributed by atoms with Crippen molar-refractivity contribution in [3.63, 3.8) is 0 Å². The van der Waals surface area contributed by atoms with Crippen LogP contribution in [0, 0.1) is 13.8 Å². The second-order valence-electron chi connectivity index (χ2n) is 8.07. The van der Waals surface area contributed by atoms with Crippen molar-refractivity contribution in [2.24, 2.45) is 0 Å². The standard InChI is InChI=1S/C20H30N4O4S/c1-15-4-7-18(16(2)12-15)29(27,28)24-10-8-23(9-11-24)20(26)14-22(3)13-19(25)21-17-5-6-17/h4,7,12,17H,5-6,8-11,13-14H2,1-3H3,(H,21,25). The number of benzene rings is 1. The molecular weight excluding hydrogens is 392 g/mol. The smallest absolute Gasteiger partial charge is 0.243 e. The van der Waals surface area contributed by atoms with E-state index in [9.17, 15) is 18.0 Å². The minimum absolute atomic E-state index is 0.0628. The van der Waals surface area contributed by atoms with Gasteiger partial charge in [-0.15, -0.1) is 0 Å². The summed E-state index contributed by atoms with van der Waals surface area (Å²) in [5.74, 6) is -0.150. The van der Waals surface area contributed by atoms with Gasteiger partial charge in [0.25, 0.3) is 0 Å². The van der Waals surface area contributed by atoms with Crippen molar-refractivity contribution in [3.05, 3.63) is 29.3 Å². The second-order valence-corrected chi connectivity index (χ2v) is 9.97. The largest absolute Gasteiger partial charge is 0.352 e. The molecule has 0 spiro atoms. The van der Waals surface area contributed by atoms with Crippen molar-refractivity contribution >= 4 is 21.8 Å². The number of piperazine rings is 1. The van der Waals surface area contributed by atoms with Gasteiger partial charge in [-0.05, 0) is 45.4 Å². The van der Waals surface area contributed by atoms with Gasteiger partial charge in [0, 0.05) is 32.2 Å². The fourth-order valence-electron chi connectivity index (χ4n) is 3.54. The summed E-state index contributed by atoms with van der Waals surface area (Å²) in [6.45, 7) is 5.30. The molecule has 1 aromatic carbocycles. The van der Waals surface area contributed by atoms with Crippen molar-refractivity contribution in [2.45, 2.75) is 37.6 Å². The number of aryl methyl sites for hydroxylation is 2. The van der Waals surface area contributed by atoms with Crippen LogP contribution in [0.25, 0.3) is 0 Å². The van der Waals surface area contributed by atoms with Gasteiger partial charge in [-0.3, -0.25) is 14.5 Å². The van der Waals surface area contributed by atoms with Crippen LogP contribution in [-0.4, -0.2) is 86.7 Å². The SMILES string of the molecule is Cc1ccc(S(=O)(=O)N2CCN(C(=O)CN(C)CC(=O)NC3CC3)CC2)c(C)c1. The van der Waals surface area contributed by atoms with Crippen molar-refractivity contribution < 1.29 is 18.0 Å². The van der Waals surface area contributed by atoms with Crippen molar-refractivity contribution in [1.82, 2.24) is 19.4 Å². The number of likely N-dealkylation sites (N-methyl/N-ethyl adjacent to an activating group) is 1. The first-order valence-electron chi connectivity index (χ1n) is 10.00. The fourth-order valence-corrected chi connectivity index (χ4v) is 5.17. The number of hydrogen-bond donors (Lipinski definition) is 1. The molecule has 1 aliphatic carbocycles. The van der Waals surface area contributed by atoms with E-state index < -0.39 is 10.0 Å². The van der Waals surface area contributed by atoms with Gasteiger partial charge in [0.2, 0.25) is 21.8 Å². The van der Waals surface area contributed by atoms with Crippen LogP contribution in [0.3, 0.4) is 0 Å². The van der Waals surface area contributed by atoms with Gasteiger partial charge in [0.1, 0.15) is 0 Å². The Morgan fingerprint density at radius 3 is 2.34 bits per heavy atom. The van der Waals surface area contributed by atoms with Crippen LogP contribution in [0.2, 0.25) is 0 Å². The van der Waals surface area contributed by atoms with Gasteiger partial charge >= 0.3 is 0 Å². The zero-order valence-electron chi connectivity index (χ0n) is 17.3. The third-order valence-corrected chi connectivity index (χ3v) is 7.36. The van der Waals surface area contributed by atoms with Crippen LogP contribution in [0.5, 0.6) is 0 Å². The molecule has 1 heterocycles. The Morgan fingerprint density at radius 1 is 1.10 bits per heavy atom. The molecule has 8 nitrogen and oxygen atoms in total. The van der Waals surface area contributed by atoms with Crippen molar-refractivity contribution in [2.75, 3.05) is 46.3 Å². The van der Waals surface area contributed by atoms with E-state index in [0.29, 0.717) is 24.0 Å². The Labute approximate surface area is 172 Å². The molecule has 2 amide bonds. The maximum absolute atomic E-state index is 13.0. The predicted molar refractivity (Wildman–Crippen MR) is 110 cm³/mol. The summed E-state index contributed by atoms with van der Waals surface area (Å²) >= 11 is 0. The Kier molecular flexibility index (Phi) is 6.60. The zero-order valence-corrected chi connectivity index (χ0v) is 18.2. The normalized spacial score (nSPS) is 18.1. The Balaban J connectivity index is 1.51. The number of amides is 2. The van der Waals surface area contributed by atoms with Crippen LogP contribution in [0.4, 0.5) is 0 Å². The fraction of sp³-hybridized carbons (Fsp3) is 0.600. The average molecular weight is 423 g/mol. The lowest BCUT2D eigenvalue weighted by Gasteiger charge is -2.35. The monoisotopic (exact) mass is 422 g/mol. The third kappa shape index (κ3) is 5.55. The van der Waals surface area contributed by atoms with Gasteiger partial charge in [-0.1, -0.05) is 17.7 Å². The Bertz CT molecular complexity index is 874. The molecule has 1 saturated heterocycles. The summed E-state index contributed by atoms with van der Waals surface area (Å²) < 4.78 is 27.4. The summed E-state index contributed by atoms with van der Waals surface area (Å²) in [6.07, 6.45) is 2.06.